The van der Waals surface area contributed by atoms with Crippen molar-refractivity contribution >= 4 is 0 Å². The van der Waals surface area contributed by atoms with Gasteiger partial charge in [-0.1, -0.05) is 12.1 Å². The Morgan fingerprint density at radius 1 is 1.05 bits per heavy atom. The fraction of sp³-hybridized carbons (Fsp3) is 0.389. The Kier molecular flexibility index (Phi) is 6.22. The number of hydrogen-bond acceptors (Lipinski definition) is 4. The second-order valence-corrected chi connectivity index (χ2v) is 5.03. The SMILES string of the molecule is CCOc1ccc(C(CN)Cc2ccccn2)cc1OCC. The van der Waals surface area contributed by atoms with Crippen LogP contribution in [0.3, 0.4) is 0 Å². The van der Waals surface area contributed by atoms with E-state index in [2.05, 4.69) is 11.1 Å². The minimum Gasteiger partial charge on any atom is -0.490 e. The Bertz CT molecular complexity index is 573. The van der Waals surface area contributed by atoms with Gasteiger partial charge in [-0.15, -0.1) is 0 Å². The summed E-state index contributed by atoms with van der Waals surface area (Å²) in [5, 5.41) is 0. The largest absolute Gasteiger partial charge is 0.490 e. The number of pyridine rings is 1. The Hall–Kier alpha value is -2.07. The summed E-state index contributed by atoms with van der Waals surface area (Å²) in [4.78, 5) is 4.39. The van der Waals surface area contributed by atoms with Crippen LogP contribution in [0, 0.1) is 0 Å². The molecule has 0 amide bonds. The van der Waals surface area contributed by atoms with E-state index < -0.39 is 0 Å². The maximum absolute atomic E-state index is 5.97. The van der Waals surface area contributed by atoms with Gasteiger partial charge in [0, 0.05) is 17.8 Å². The molecule has 0 aliphatic rings. The number of benzene rings is 1. The number of nitrogens with zero attached hydrogens (tertiary/aromatic N) is 1. The third kappa shape index (κ3) is 4.21. The first-order valence-corrected chi connectivity index (χ1v) is 7.78. The third-order valence-electron chi connectivity index (χ3n) is 3.51. The fourth-order valence-corrected chi connectivity index (χ4v) is 2.43. The lowest BCUT2D eigenvalue weighted by molar-refractivity contribution is 0.287. The monoisotopic (exact) mass is 300 g/mol. The maximum atomic E-state index is 5.97. The number of rotatable bonds is 8. The smallest absolute Gasteiger partial charge is 0.161 e. The first-order valence-electron chi connectivity index (χ1n) is 7.78. The van der Waals surface area contributed by atoms with Gasteiger partial charge in [0.2, 0.25) is 0 Å². The second-order valence-electron chi connectivity index (χ2n) is 5.03. The highest BCUT2D eigenvalue weighted by molar-refractivity contribution is 5.44. The molecule has 22 heavy (non-hydrogen) atoms. The zero-order valence-electron chi connectivity index (χ0n) is 13.3. The molecule has 4 heteroatoms. The van der Waals surface area contributed by atoms with Gasteiger partial charge in [0.05, 0.1) is 13.2 Å². The van der Waals surface area contributed by atoms with Gasteiger partial charge >= 0.3 is 0 Å². The van der Waals surface area contributed by atoms with Gasteiger partial charge in [0.25, 0.3) is 0 Å². The predicted octanol–water partition coefficient (Wildman–Crippen LogP) is 3.16. The van der Waals surface area contributed by atoms with E-state index in [1.807, 2.05) is 50.4 Å². The molecule has 118 valence electrons. The first-order chi connectivity index (χ1) is 10.8. The van der Waals surface area contributed by atoms with Crippen molar-refractivity contribution in [1.82, 2.24) is 4.98 Å². The van der Waals surface area contributed by atoms with Gasteiger partial charge in [-0.2, -0.15) is 0 Å². The maximum Gasteiger partial charge on any atom is 0.161 e. The Morgan fingerprint density at radius 2 is 1.82 bits per heavy atom. The fourth-order valence-electron chi connectivity index (χ4n) is 2.43. The van der Waals surface area contributed by atoms with Gasteiger partial charge in [0.15, 0.2) is 11.5 Å². The van der Waals surface area contributed by atoms with Crippen LogP contribution in [0.25, 0.3) is 0 Å². The zero-order valence-corrected chi connectivity index (χ0v) is 13.3. The normalized spacial score (nSPS) is 12.0. The van der Waals surface area contributed by atoms with Crippen LogP contribution in [0.5, 0.6) is 11.5 Å². The highest BCUT2D eigenvalue weighted by atomic mass is 16.5. The topological polar surface area (TPSA) is 57.4 Å². The Labute approximate surface area is 132 Å². The minimum atomic E-state index is 0.213. The molecular weight excluding hydrogens is 276 g/mol. The molecule has 0 aliphatic carbocycles. The van der Waals surface area contributed by atoms with Crippen LogP contribution >= 0.6 is 0 Å². The van der Waals surface area contributed by atoms with Crippen LogP contribution in [-0.2, 0) is 6.42 Å². The molecule has 2 N–H and O–H groups in total. The highest BCUT2D eigenvalue weighted by Crippen LogP contribution is 2.32. The summed E-state index contributed by atoms with van der Waals surface area (Å²) in [5.74, 6) is 1.77. The number of nitrogens with two attached hydrogens (primary N) is 1. The van der Waals surface area contributed by atoms with E-state index in [0.29, 0.717) is 19.8 Å². The van der Waals surface area contributed by atoms with Crippen molar-refractivity contribution < 1.29 is 9.47 Å². The summed E-state index contributed by atoms with van der Waals surface area (Å²) in [6.07, 6.45) is 2.63. The molecule has 1 atom stereocenters. The standard InChI is InChI=1S/C18H24N2O2/c1-3-21-17-9-8-14(12-18(17)22-4-2)15(13-19)11-16-7-5-6-10-20-16/h5-10,12,15H,3-4,11,13,19H2,1-2H3. The summed E-state index contributed by atoms with van der Waals surface area (Å²) in [6, 6.07) is 12.0. The summed E-state index contributed by atoms with van der Waals surface area (Å²) in [7, 11) is 0. The second kappa shape index (κ2) is 8.39. The molecule has 2 aromatic rings. The molecule has 0 bridgehead atoms. The molecule has 0 fully saturated rings. The Morgan fingerprint density at radius 3 is 2.45 bits per heavy atom. The van der Waals surface area contributed by atoms with Gasteiger partial charge in [-0.25, -0.2) is 0 Å². The van der Waals surface area contributed by atoms with Crippen LogP contribution in [0.4, 0.5) is 0 Å². The summed E-state index contributed by atoms with van der Waals surface area (Å²) < 4.78 is 11.3. The highest BCUT2D eigenvalue weighted by Gasteiger charge is 2.15. The van der Waals surface area contributed by atoms with Crippen molar-refractivity contribution in [2.24, 2.45) is 5.73 Å². The minimum absolute atomic E-state index is 0.213. The number of hydrogen-bond donors (Lipinski definition) is 1. The lowest BCUT2D eigenvalue weighted by atomic mass is 9.93. The molecule has 2 rings (SSSR count). The van der Waals surface area contributed by atoms with Crippen molar-refractivity contribution in [1.29, 1.82) is 0 Å². The predicted molar refractivity (Wildman–Crippen MR) is 88.5 cm³/mol. The van der Waals surface area contributed by atoms with Crippen LogP contribution in [0.15, 0.2) is 42.6 Å². The summed E-state index contributed by atoms with van der Waals surface area (Å²) in [5.41, 5.74) is 8.17. The number of ether oxygens (including phenoxy) is 2. The number of aromatic nitrogens is 1. The molecule has 1 heterocycles. The van der Waals surface area contributed by atoms with E-state index in [1.165, 1.54) is 0 Å². The van der Waals surface area contributed by atoms with Crippen LogP contribution in [0.2, 0.25) is 0 Å². The van der Waals surface area contributed by atoms with Gasteiger partial charge in [0.1, 0.15) is 0 Å². The quantitative estimate of drug-likeness (QED) is 0.813. The molecule has 1 unspecified atom stereocenters. The van der Waals surface area contributed by atoms with E-state index in [-0.39, 0.29) is 5.92 Å². The van der Waals surface area contributed by atoms with Crippen molar-refractivity contribution in [2.75, 3.05) is 19.8 Å². The molecule has 4 nitrogen and oxygen atoms in total. The average molecular weight is 300 g/mol. The molecule has 0 saturated carbocycles. The lowest BCUT2D eigenvalue weighted by Gasteiger charge is -2.18. The van der Waals surface area contributed by atoms with Crippen LogP contribution in [0.1, 0.15) is 31.0 Å². The van der Waals surface area contributed by atoms with Crippen LogP contribution in [-0.4, -0.2) is 24.7 Å². The molecule has 0 spiro atoms. The van der Waals surface area contributed by atoms with Crippen molar-refractivity contribution in [2.45, 2.75) is 26.2 Å². The van der Waals surface area contributed by atoms with Crippen molar-refractivity contribution in [3.05, 3.63) is 53.9 Å². The molecule has 0 aliphatic heterocycles. The van der Waals surface area contributed by atoms with Crippen molar-refractivity contribution in [3.8, 4) is 11.5 Å². The molecule has 1 aromatic carbocycles. The van der Waals surface area contributed by atoms with E-state index in [0.717, 1.165) is 29.2 Å². The summed E-state index contributed by atoms with van der Waals surface area (Å²) >= 11 is 0. The van der Waals surface area contributed by atoms with Gasteiger partial charge < -0.3 is 15.2 Å². The van der Waals surface area contributed by atoms with Gasteiger partial charge in [-0.3, -0.25) is 4.98 Å². The Balaban J connectivity index is 2.23. The first kappa shape index (κ1) is 16.3. The van der Waals surface area contributed by atoms with Crippen molar-refractivity contribution in [3.63, 3.8) is 0 Å². The molecule has 0 saturated heterocycles. The van der Waals surface area contributed by atoms with Gasteiger partial charge in [-0.05, 0) is 56.6 Å². The molecular formula is C18H24N2O2. The van der Waals surface area contributed by atoms with E-state index in [1.54, 1.807) is 0 Å². The van der Waals surface area contributed by atoms with Crippen LogP contribution < -0.4 is 15.2 Å². The molecule has 1 aromatic heterocycles. The average Bonchev–Trinajstić information content (AvgIpc) is 2.56. The van der Waals surface area contributed by atoms with E-state index in [9.17, 15) is 0 Å². The lowest BCUT2D eigenvalue weighted by Crippen LogP contribution is -2.16. The summed E-state index contributed by atoms with van der Waals surface area (Å²) in [6.45, 7) is 5.73. The molecule has 0 radical (unpaired) electrons. The van der Waals surface area contributed by atoms with E-state index >= 15 is 0 Å². The third-order valence-corrected chi connectivity index (χ3v) is 3.51. The van der Waals surface area contributed by atoms with E-state index in [4.69, 9.17) is 15.2 Å². The zero-order chi connectivity index (χ0) is 15.8.